The minimum atomic E-state index is -1.15. The maximum atomic E-state index is 12.6. The summed E-state index contributed by atoms with van der Waals surface area (Å²) in [6, 6.07) is 0. The highest BCUT2D eigenvalue weighted by atomic mass is 16.5. The lowest BCUT2D eigenvalue weighted by Crippen LogP contribution is -2.53. The Labute approximate surface area is 134 Å². The molecule has 2 heterocycles. The van der Waals surface area contributed by atoms with Crippen molar-refractivity contribution < 1.29 is 19.4 Å². The van der Waals surface area contributed by atoms with E-state index in [0.29, 0.717) is 19.7 Å². The van der Waals surface area contributed by atoms with Gasteiger partial charge in [-0.2, -0.15) is 0 Å². The molecule has 0 aromatic carbocycles. The lowest BCUT2D eigenvalue weighted by molar-refractivity contribution is -0.107. The average Bonchev–Trinajstić information content (AvgIpc) is 2.80. The first-order valence-corrected chi connectivity index (χ1v) is 8.08. The summed E-state index contributed by atoms with van der Waals surface area (Å²) in [6.45, 7) is 1.64. The minimum absolute atomic E-state index is 0.163. The standard InChI is InChI=1S/C16H21N3O4/c20-14(12-9-18-13(10-17-12)15(21)22)19-7-8-23-16(11-19)5-3-1-2-4-6-16/h9-10H,1-8,11H2,(H,21,22). The molecule has 1 aliphatic heterocycles. The molecule has 1 aliphatic carbocycles. The molecule has 1 aromatic rings. The van der Waals surface area contributed by atoms with Crippen LogP contribution in [0.4, 0.5) is 0 Å². The van der Waals surface area contributed by atoms with Crippen molar-refractivity contribution in [2.45, 2.75) is 44.1 Å². The Bertz CT molecular complexity index is 579. The Morgan fingerprint density at radius 1 is 1.09 bits per heavy atom. The Hall–Kier alpha value is -2.02. The molecule has 1 spiro atoms. The second-order valence-electron chi connectivity index (χ2n) is 6.26. The monoisotopic (exact) mass is 319 g/mol. The molecule has 7 nitrogen and oxygen atoms in total. The Morgan fingerprint density at radius 2 is 1.74 bits per heavy atom. The fraction of sp³-hybridized carbons (Fsp3) is 0.625. The van der Waals surface area contributed by atoms with Crippen LogP contribution < -0.4 is 0 Å². The normalized spacial score (nSPS) is 21.0. The number of aromatic nitrogens is 2. The number of carbonyl (C=O) groups is 2. The summed E-state index contributed by atoms with van der Waals surface area (Å²) in [4.78, 5) is 32.9. The fourth-order valence-electron chi connectivity index (χ4n) is 3.40. The molecule has 3 rings (SSSR count). The molecule has 7 heteroatoms. The molecule has 2 aliphatic rings. The van der Waals surface area contributed by atoms with Crippen LogP contribution in [0.5, 0.6) is 0 Å². The predicted octanol–water partition coefficient (Wildman–Crippen LogP) is 1.74. The van der Waals surface area contributed by atoms with E-state index in [1.54, 1.807) is 4.90 Å². The lowest BCUT2D eigenvalue weighted by atomic mass is 9.92. The molecular formula is C16H21N3O4. The van der Waals surface area contributed by atoms with Crippen molar-refractivity contribution in [1.29, 1.82) is 0 Å². The van der Waals surface area contributed by atoms with Gasteiger partial charge < -0.3 is 14.7 Å². The van der Waals surface area contributed by atoms with Crippen LogP contribution in [0.3, 0.4) is 0 Å². The van der Waals surface area contributed by atoms with E-state index < -0.39 is 5.97 Å². The van der Waals surface area contributed by atoms with Crippen LogP contribution in [0, 0.1) is 0 Å². The Morgan fingerprint density at radius 3 is 2.35 bits per heavy atom. The van der Waals surface area contributed by atoms with Crippen LogP contribution in [-0.2, 0) is 4.74 Å². The van der Waals surface area contributed by atoms with Gasteiger partial charge in [-0.15, -0.1) is 0 Å². The number of carbonyl (C=O) groups excluding carboxylic acids is 1. The van der Waals surface area contributed by atoms with Crippen molar-refractivity contribution >= 4 is 11.9 Å². The summed E-state index contributed by atoms with van der Waals surface area (Å²) in [6.07, 6.45) is 9.05. The van der Waals surface area contributed by atoms with Gasteiger partial charge in [-0.3, -0.25) is 4.79 Å². The first kappa shape index (κ1) is 15.9. The number of nitrogens with zero attached hydrogens (tertiary/aromatic N) is 3. The van der Waals surface area contributed by atoms with Crippen molar-refractivity contribution in [2.75, 3.05) is 19.7 Å². The summed E-state index contributed by atoms with van der Waals surface area (Å²) in [5, 5.41) is 8.84. The summed E-state index contributed by atoms with van der Waals surface area (Å²) in [5.74, 6) is -1.36. The van der Waals surface area contributed by atoms with Gasteiger partial charge in [0, 0.05) is 6.54 Å². The second kappa shape index (κ2) is 6.62. The van der Waals surface area contributed by atoms with Gasteiger partial charge in [0.1, 0.15) is 5.69 Å². The molecule has 23 heavy (non-hydrogen) atoms. The molecule has 0 unspecified atom stereocenters. The van der Waals surface area contributed by atoms with Crippen molar-refractivity contribution in [3.63, 3.8) is 0 Å². The molecule has 1 aromatic heterocycles. The zero-order valence-electron chi connectivity index (χ0n) is 13.0. The van der Waals surface area contributed by atoms with E-state index in [4.69, 9.17) is 9.84 Å². The number of carboxylic acid groups (broad SMARTS) is 1. The van der Waals surface area contributed by atoms with Gasteiger partial charge in [0.2, 0.25) is 0 Å². The van der Waals surface area contributed by atoms with Crippen LogP contribution in [-0.4, -0.2) is 57.1 Å². The largest absolute Gasteiger partial charge is 0.476 e. The molecule has 0 bridgehead atoms. The zero-order chi connectivity index (χ0) is 16.3. The third-order valence-corrected chi connectivity index (χ3v) is 4.64. The van der Waals surface area contributed by atoms with Crippen LogP contribution in [0.15, 0.2) is 12.4 Å². The average molecular weight is 319 g/mol. The summed E-state index contributed by atoms with van der Waals surface area (Å²) >= 11 is 0. The van der Waals surface area contributed by atoms with Crippen molar-refractivity contribution in [1.82, 2.24) is 14.9 Å². The van der Waals surface area contributed by atoms with E-state index >= 15 is 0 Å². The molecule has 0 atom stereocenters. The van der Waals surface area contributed by atoms with Crippen molar-refractivity contribution in [3.8, 4) is 0 Å². The summed E-state index contributed by atoms with van der Waals surface area (Å²) < 4.78 is 6.05. The van der Waals surface area contributed by atoms with Gasteiger partial charge in [0.15, 0.2) is 5.69 Å². The van der Waals surface area contributed by atoms with Gasteiger partial charge in [0.25, 0.3) is 5.91 Å². The molecule has 0 radical (unpaired) electrons. The molecule has 1 amide bonds. The zero-order valence-corrected chi connectivity index (χ0v) is 13.0. The van der Waals surface area contributed by atoms with E-state index in [-0.39, 0.29) is 22.9 Å². The smallest absolute Gasteiger partial charge is 0.356 e. The van der Waals surface area contributed by atoms with Gasteiger partial charge in [0.05, 0.1) is 31.1 Å². The van der Waals surface area contributed by atoms with Crippen LogP contribution in [0.2, 0.25) is 0 Å². The van der Waals surface area contributed by atoms with Gasteiger partial charge in [-0.05, 0) is 12.8 Å². The number of hydrogen-bond acceptors (Lipinski definition) is 5. The number of amides is 1. The highest BCUT2D eigenvalue weighted by molar-refractivity contribution is 5.92. The number of carboxylic acids is 1. The Kier molecular flexibility index (Phi) is 4.56. The SMILES string of the molecule is O=C(O)c1cnc(C(=O)N2CCOC3(CCCCCC3)C2)cn1. The topological polar surface area (TPSA) is 92.6 Å². The highest BCUT2D eigenvalue weighted by Gasteiger charge is 2.38. The molecule has 1 N–H and O–H groups in total. The van der Waals surface area contributed by atoms with Crippen LogP contribution in [0.1, 0.15) is 59.5 Å². The predicted molar refractivity (Wildman–Crippen MR) is 81.3 cm³/mol. The first-order valence-electron chi connectivity index (χ1n) is 8.08. The molecule has 2 fully saturated rings. The quantitative estimate of drug-likeness (QED) is 0.892. The number of morpholine rings is 1. The number of hydrogen-bond donors (Lipinski definition) is 1. The van der Waals surface area contributed by atoms with E-state index in [0.717, 1.165) is 31.9 Å². The van der Waals surface area contributed by atoms with E-state index in [9.17, 15) is 9.59 Å². The third-order valence-electron chi connectivity index (χ3n) is 4.64. The molecule has 124 valence electrons. The first-order chi connectivity index (χ1) is 11.1. The van der Waals surface area contributed by atoms with E-state index in [2.05, 4.69) is 9.97 Å². The minimum Gasteiger partial charge on any atom is -0.476 e. The van der Waals surface area contributed by atoms with Crippen molar-refractivity contribution in [2.24, 2.45) is 0 Å². The van der Waals surface area contributed by atoms with Crippen molar-refractivity contribution in [3.05, 3.63) is 23.8 Å². The van der Waals surface area contributed by atoms with E-state index in [1.807, 2.05) is 0 Å². The van der Waals surface area contributed by atoms with E-state index in [1.165, 1.54) is 19.0 Å². The number of aromatic carboxylic acids is 1. The number of ether oxygens (including phenoxy) is 1. The molecule has 1 saturated carbocycles. The van der Waals surface area contributed by atoms with Crippen LogP contribution >= 0.6 is 0 Å². The maximum absolute atomic E-state index is 12.6. The number of rotatable bonds is 2. The van der Waals surface area contributed by atoms with Gasteiger partial charge in [-0.1, -0.05) is 25.7 Å². The summed E-state index contributed by atoms with van der Waals surface area (Å²) in [5.41, 5.74) is -0.205. The summed E-state index contributed by atoms with van der Waals surface area (Å²) in [7, 11) is 0. The molecular weight excluding hydrogens is 298 g/mol. The highest BCUT2D eigenvalue weighted by Crippen LogP contribution is 2.33. The maximum Gasteiger partial charge on any atom is 0.356 e. The van der Waals surface area contributed by atoms with Gasteiger partial charge in [-0.25, -0.2) is 14.8 Å². The van der Waals surface area contributed by atoms with Crippen LogP contribution in [0.25, 0.3) is 0 Å². The third kappa shape index (κ3) is 3.50. The lowest BCUT2D eigenvalue weighted by Gasteiger charge is -2.42. The van der Waals surface area contributed by atoms with Gasteiger partial charge >= 0.3 is 5.97 Å². The fourth-order valence-corrected chi connectivity index (χ4v) is 3.40. The molecule has 1 saturated heterocycles. The Balaban J connectivity index is 1.72. The second-order valence-corrected chi connectivity index (χ2v) is 6.26.